The number of benzene rings is 1. The second kappa shape index (κ2) is 6.73. The Balaban J connectivity index is 1.35. The van der Waals surface area contributed by atoms with Gasteiger partial charge < -0.3 is 14.7 Å². The first kappa shape index (κ1) is 17.0. The lowest BCUT2D eigenvalue weighted by Crippen LogP contribution is -2.62. The summed E-state index contributed by atoms with van der Waals surface area (Å²) in [5.74, 6) is 0.656. The summed E-state index contributed by atoms with van der Waals surface area (Å²) in [6.07, 6.45) is 5.21. The molecule has 1 aromatic carbocycles. The zero-order valence-electron chi connectivity index (χ0n) is 15.1. The van der Waals surface area contributed by atoms with Gasteiger partial charge in [0.15, 0.2) is 0 Å². The molecule has 4 rings (SSSR count). The highest BCUT2D eigenvalue weighted by molar-refractivity contribution is 5.77. The lowest BCUT2D eigenvalue weighted by atomic mass is 9.58. The molecule has 1 N–H and O–H groups in total. The van der Waals surface area contributed by atoms with Crippen molar-refractivity contribution in [2.75, 3.05) is 19.7 Å². The van der Waals surface area contributed by atoms with E-state index in [1.54, 1.807) is 0 Å². The predicted molar refractivity (Wildman–Crippen MR) is 96.4 cm³/mol. The van der Waals surface area contributed by atoms with Gasteiger partial charge in [-0.25, -0.2) is 0 Å². The van der Waals surface area contributed by atoms with Crippen LogP contribution in [0.1, 0.15) is 56.1 Å². The van der Waals surface area contributed by atoms with Gasteiger partial charge in [0.05, 0.1) is 12.2 Å². The molecule has 1 aliphatic heterocycles. The second-order valence-electron chi connectivity index (χ2n) is 7.95. The van der Waals surface area contributed by atoms with Gasteiger partial charge in [0.2, 0.25) is 5.91 Å². The van der Waals surface area contributed by atoms with Crippen LogP contribution in [0.3, 0.4) is 0 Å². The third-order valence-electron chi connectivity index (χ3n) is 6.84. The SMILES string of the molecule is CCOC1CC(O)C12CCN(C(=O)CC1CCc3ccccc31)CC2. The molecule has 1 saturated heterocycles. The van der Waals surface area contributed by atoms with Gasteiger partial charge >= 0.3 is 0 Å². The highest BCUT2D eigenvalue weighted by Gasteiger charge is 2.56. The minimum atomic E-state index is -0.261. The van der Waals surface area contributed by atoms with Gasteiger partial charge in [-0.15, -0.1) is 0 Å². The number of aryl methyl sites for hydroxylation is 1. The monoisotopic (exact) mass is 343 g/mol. The van der Waals surface area contributed by atoms with Crippen LogP contribution in [0.4, 0.5) is 0 Å². The first-order chi connectivity index (χ1) is 12.1. The van der Waals surface area contributed by atoms with Crippen LogP contribution >= 0.6 is 0 Å². The number of piperidine rings is 1. The molecular formula is C21H29NO3. The molecule has 3 unspecified atom stereocenters. The summed E-state index contributed by atoms with van der Waals surface area (Å²) in [6.45, 7) is 4.22. The van der Waals surface area contributed by atoms with E-state index < -0.39 is 0 Å². The molecule has 3 atom stereocenters. The van der Waals surface area contributed by atoms with E-state index >= 15 is 0 Å². The molecule has 4 nitrogen and oxygen atoms in total. The van der Waals surface area contributed by atoms with Crippen LogP contribution in [0, 0.1) is 5.41 Å². The minimum absolute atomic E-state index is 0.104. The summed E-state index contributed by atoms with van der Waals surface area (Å²) in [6, 6.07) is 8.54. The summed E-state index contributed by atoms with van der Waals surface area (Å²) in [7, 11) is 0. The van der Waals surface area contributed by atoms with Crippen LogP contribution < -0.4 is 0 Å². The van der Waals surface area contributed by atoms with Crippen LogP contribution in [0.25, 0.3) is 0 Å². The molecule has 0 radical (unpaired) electrons. The Morgan fingerprint density at radius 2 is 2.08 bits per heavy atom. The lowest BCUT2D eigenvalue weighted by molar-refractivity contribution is -0.210. The number of likely N-dealkylation sites (tertiary alicyclic amines) is 1. The highest BCUT2D eigenvalue weighted by atomic mass is 16.5. The maximum absolute atomic E-state index is 12.8. The second-order valence-corrected chi connectivity index (χ2v) is 7.95. The number of hydrogen-bond acceptors (Lipinski definition) is 3. The first-order valence-corrected chi connectivity index (χ1v) is 9.79. The molecule has 4 heteroatoms. The van der Waals surface area contributed by atoms with E-state index in [1.165, 1.54) is 11.1 Å². The van der Waals surface area contributed by atoms with Gasteiger partial charge in [-0.2, -0.15) is 0 Å². The van der Waals surface area contributed by atoms with Crippen LogP contribution in [0.5, 0.6) is 0 Å². The Morgan fingerprint density at radius 3 is 2.80 bits per heavy atom. The average molecular weight is 343 g/mol. The summed E-state index contributed by atoms with van der Waals surface area (Å²) in [5.41, 5.74) is 2.68. The number of carbonyl (C=O) groups excluding carboxylic acids is 1. The van der Waals surface area contributed by atoms with Gasteiger partial charge in [0.1, 0.15) is 0 Å². The number of aliphatic hydroxyl groups is 1. The number of nitrogens with zero attached hydrogens (tertiary/aromatic N) is 1. The molecule has 1 aromatic rings. The number of hydrogen-bond donors (Lipinski definition) is 1. The third-order valence-corrected chi connectivity index (χ3v) is 6.84. The van der Waals surface area contributed by atoms with E-state index in [2.05, 4.69) is 24.3 Å². The minimum Gasteiger partial charge on any atom is -0.392 e. The molecule has 1 spiro atoms. The van der Waals surface area contributed by atoms with Crippen molar-refractivity contribution in [3.05, 3.63) is 35.4 Å². The maximum Gasteiger partial charge on any atom is 0.223 e. The Morgan fingerprint density at radius 1 is 1.32 bits per heavy atom. The first-order valence-electron chi connectivity index (χ1n) is 9.79. The van der Waals surface area contributed by atoms with Crippen molar-refractivity contribution in [2.45, 2.75) is 63.6 Å². The van der Waals surface area contributed by atoms with Crippen LogP contribution in [0.2, 0.25) is 0 Å². The average Bonchev–Trinajstić information content (AvgIpc) is 3.05. The predicted octanol–water partition coefficient (Wildman–Crippen LogP) is 2.89. The lowest BCUT2D eigenvalue weighted by Gasteiger charge is -2.56. The van der Waals surface area contributed by atoms with Crippen molar-refractivity contribution in [2.24, 2.45) is 5.41 Å². The summed E-state index contributed by atoms with van der Waals surface area (Å²) < 4.78 is 5.82. The van der Waals surface area contributed by atoms with E-state index in [0.717, 1.165) is 45.2 Å². The fourth-order valence-corrected chi connectivity index (χ4v) is 5.19. The van der Waals surface area contributed by atoms with Gasteiger partial charge in [-0.1, -0.05) is 24.3 Å². The largest absolute Gasteiger partial charge is 0.392 e. The molecule has 3 aliphatic rings. The fourth-order valence-electron chi connectivity index (χ4n) is 5.19. The number of aliphatic hydroxyl groups excluding tert-OH is 1. The molecule has 0 bridgehead atoms. The number of amides is 1. The molecule has 1 saturated carbocycles. The topological polar surface area (TPSA) is 49.8 Å². The standard InChI is InChI=1S/C21H29NO3/c1-2-25-19-14-18(23)21(19)9-11-22(12-10-21)20(24)13-16-8-7-15-5-3-4-6-17(15)16/h3-6,16,18-19,23H,2,7-14H2,1H3. The van der Waals surface area contributed by atoms with Crippen LogP contribution in [-0.2, 0) is 16.0 Å². The summed E-state index contributed by atoms with van der Waals surface area (Å²) >= 11 is 0. The van der Waals surface area contributed by atoms with Crippen molar-refractivity contribution < 1.29 is 14.6 Å². The highest BCUT2D eigenvalue weighted by Crippen LogP contribution is 2.51. The zero-order valence-corrected chi connectivity index (χ0v) is 15.1. The van der Waals surface area contributed by atoms with E-state index in [0.29, 0.717) is 18.9 Å². The van der Waals surface area contributed by atoms with Gasteiger partial charge in [0, 0.05) is 38.0 Å². The molecule has 1 amide bonds. The fraction of sp³-hybridized carbons (Fsp3) is 0.667. The van der Waals surface area contributed by atoms with E-state index in [1.807, 2.05) is 11.8 Å². The number of ether oxygens (including phenoxy) is 1. The number of carbonyl (C=O) groups is 1. The quantitative estimate of drug-likeness (QED) is 0.914. The number of rotatable bonds is 4. The van der Waals surface area contributed by atoms with Gasteiger partial charge in [0.25, 0.3) is 0 Å². The molecule has 2 aliphatic carbocycles. The van der Waals surface area contributed by atoms with E-state index in [-0.39, 0.29) is 23.5 Å². The van der Waals surface area contributed by atoms with Crippen molar-refractivity contribution in [1.82, 2.24) is 4.90 Å². The van der Waals surface area contributed by atoms with Gasteiger partial charge in [-0.05, 0) is 49.7 Å². The molecule has 25 heavy (non-hydrogen) atoms. The van der Waals surface area contributed by atoms with Crippen molar-refractivity contribution >= 4 is 5.91 Å². The Labute approximate surface area is 150 Å². The Hall–Kier alpha value is -1.39. The molecule has 136 valence electrons. The Kier molecular flexibility index (Phi) is 4.59. The maximum atomic E-state index is 12.8. The van der Waals surface area contributed by atoms with Crippen molar-refractivity contribution in [3.63, 3.8) is 0 Å². The number of fused-ring (bicyclic) bond motifs is 1. The Bertz CT molecular complexity index is 634. The molecular weight excluding hydrogens is 314 g/mol. The normalized spacial score (nSPS) is 30.2. The summed E-state index contributed by atoms with van der Waals surface area (Å²) in [4.78, 5) is 14.8. The summed E-state index contributed by atoms with van der Waals surface area (Å²) in [5, 5.41) is 10.3. The van der Waals surface area contributed by atoms with Crippen LogP contribution in [-0.4, -0.2) is 47.8 Å². The van der Waals surface area contributed by atoms with Crippen molar-refractivity contribution in [1.29, 1.82) is 0 Å². The van der Waals surface area contributed by atoms with Crippen molar-refractivity contribution in [3.8, 4) is 0 Å². The third kappa shape index (κ3) is 2.89. The van der Waals surface area contributed by atoms with E-state index in [4.69, 9.17) is 4.74 Å². The van der Waals surface area contributed by atoms with E-state index in [9.17, 15) is 9.90 Å². The zero-order chi connectivity index (χ0) is 17.4. The smallest absolute Gasteiger partial charge is 0.223 e. The molecule has 0 aromatic heterocycles. The van der Waals surface area contributed by atoms with Gasteiger partial charge in [-0.3, -0.25) is 4.79 Å². The molecule has 1 heterocycles. The van der Waals surface area contributed by atoms with Crippen LogP contribution in [0.15, 0.2) is 24.3 Å². The molecule has 2 fully saturated rings.